The molecule has 0 atom stereocenters. The van der Waals surface area contributed by atoms with Crippen molar-refractivity contribution in [3.8, 4) is 0 Å². The Morgan fingerprint density at radius 3 is 2.32 bits per heavy atom. The Kier molecular flexibility index (Phi) is 6.10. The van der Waals surface area contributed by atoms with Gasteiger partial charge in [-0.1, -0.05) is 6.92 Å². The molecule has 1 saturated carbocycles. The molecule has 0 bridgehead atoms. The summed E-state index contributed by atoms with van der Waals surface area (Å²) >= 11 is 0. The lowest BCUT2D eigenvalue weighted by atomic mass is 9.90. The van der Waals surface area contributed by atoms with E-state index in [4.69, 9.17) is 0 Å². The van der Waals surface area contributed by atoms with Crippen LogP contribution in [0.1, 0.15) is 45.4 Å². The highest BCUT2D eigenvalue weighted by Gasteiger charge is 2.31. The minimum atomic E-state index is -4.25. The van der Waals surface area contributed by atoms with Gasteiger partial charge in [-0.25, -0.2) is 0 Å². The van der Waals surface area contributed by atoms with Crippen molar-refractivity contribution in [1.29, 1.82) is 0 Å². The Bertz CT molecular complexity index is 286. The molecule has 0 aliphatic heterocycles. The van der Waals surface area contributed by atoms with Crippen molar-refractivity contribution in [3.63, 3.8) is 0 Å². The molecule has 1 amide bonds. The Morgan fingerprint density at radius 1 is 1.26 bits per heavy atom. The van der Waals surface area contributed by atoms with E-state index in [9.17, 15) is 18.0 Å². The predicted octanol–water partition coefficient (Wildman–Crippen LogP) is 2.71. The van der Waals surface area contributed by atoms with E-state index in [0.29, 0.717) is 6.04 Å². The van der Waals surface area contributed by atoms with Crippen LogP contribution in [0.3, 0.4) is 0 Å². The third-order valence-corrected chi connectivity index (χ3v) is 3.75. The largest absolute Gasteiger partial charge is 0.389 e. The van der Waals surface area contributed by atoms with E-state index in [0.717, 1.165) is 32.2 Å². The van der Waals surface area contributed by atoms with Gasteiger partial charge in [0.25, 0.3) is 0 Å². The molecule has 3 nitrogen and oxygen atoms in total. The highest BCUT2D eigenvalue weighted by molar-refractivity contribution is 5.76. The Hall–Kier alpha value is -0.780. The predicted molar refractivity (Wildman–Crippen MR) is 67.8 cm³/mol. The van der Waals surface area contributed by atoms with Gasteiger partial charge in [-0.3, -0.25) is 4.79 Å². The molecule has 0 saturated heterocycles. The molecule has 1 aliphatic carbocycles. The molecule has 1 N–H and O–H groups in total. The summed E-state index contributed by atoms with van der Waals surface area (Å²) in [6.45, 7) is 2.98. The fourth-order valence-electron chi connectivity index (χ4n) is 2.58. The van der Waals surface area contributed by atoms with Crippen LogP contribution in [-0.2, 0) is 4.79 Å². The number of nitrogens with one attached hydrogen (secondary N) is 1. The molecule has 6 heteroatoms. The van der Waals surface area contributed by atoms with Crippen molar-refractivity contribution in [1.82, 2.24) is 10.2 Å². The zero-order valence-corrected chi connectivity index (χ0v) is 11.6. The number of alkyl halides is 3. The lowest BCUT2D eigenvalue weighted by Crippen LogP contribution is -2.43. The first kappa shape index (κ1) is 16.3. The second-order valence-corrected chi connectivity index (χ2v) is 5.18. The van der Waals surface area contributed by atoms with Gasteiger partial charge in [0.2, 0.25) is 5.91 Å². The topological polar surface area (TPSA) is 32.3 Å². The highest BCUT2D eigenvalue weighted by Crippen LogP contribution is 2.25. The van der Waals surface area contributed by atoms with Gasteiger partial charge < -0.3 is 10.2 Å². The molecule has 0 radical (unpaired) electrons. The summed E-state index contributed by atoms with van der Waals surface area (Å²) in [5, 5.41) is 3.37. The molecule has 0 aromatic carbocycles. The van der Waals surface area contributed by atoms with E-state index in [-0.39, 0.29) is 6.04 Å². The van der Waals surface area contributed by atoms with E-state index >= 15 is 0 Å². The minimum Gasteiger partial charge on any atom is -0.343 e. The summed E-state index contributed by atoms with van der Waals surface area (Å²) in [6.07, 6.45) is -2.02. The molecular formula is C13H23F3N2O. The third kappa shape index (κ3) is 5.80. The second kappa shape index (κ2) is 7.12. The number of rotatable bonds is 5. The average molecular weight is 280 g/mol. The smallest absolute Gasteiger partial charge is 0.343 e. The lowest BCUT2D eigenvalue weighted by Gasteiger charge is -2.35. The van der Waals surface area contributed by atoms with Crippen LogP contribution in [-0.4, -0.2) is 42.7 Å². The normalized spacial score (nSPS) is 24.3. The molecule has 0 aromatic rings. The number of hydrogen-bond donors (Lipinski definition) is 1. The number of hydrogen-bond acceptors (Lipinski definition) is 2. The Morgan fingerprint density at radius 2 is 1.84 bits per heavy atom. The van der Waals surface area contributed by atoms with E-state index < -0.39 is 24.9 Å². The number of halogens is 3. The van der Waals surface area contributed by atoms with Gasteiger partial charge in [-0.2, -0.15) is 13.2 Å². The fraction of sp³-hybridized carbons (Fsp3) is 0.923. The fourth-order valence-corrected chi connectivity index (χ4v) is 2.58. The monoisotopic (exact) mass is 280 g/mol. The molecule has 1 rings (SSSR count). The van der Waals surface area contributed by atoms with Crippen LogP contribution >= 0.6 is 0 Å². The lowest BCUT2D eigenvalue weighted by molar-refractivity contribution is -0.149. The van der Waals surface area contributed by atoms with Gasteiger partial charge in [0.15, 0.2) is 0 Å². The van der Waals surface area contributed by atoms with Crippen LogP contribution in [0.15, 0.2) is 0 Å². The molecule has 1 aliphatic rings. The van der Waals surface area contributed by atoms with Crippen LogP contribution in [0.5, 0.6) is 0 Å². The van der Waals surface area contributed by atoms with Gasteiger partial charge in [-0.15, -0.1) is 0 Å². The van der Waals surface area contributed by atoms with E-state index in [2.05, 4.69) is 12.2 Å². The summed E-state index contributed by atoms with van der Waals surface area (Å²) in [6, 6.07) is 0.579. The van der Waals surface area contributed by atoms with Crippen LogP contribution in [0.2, 0.25) is 0 Å². The van der Waals surface area contributed by atoms with Crippen molar-refractivity contribution in [2.24, 2.45) is 0 Å². The highest BCUT2D eigenvalue weighted by atomic mass is 19.4. The van der Waals surface area contributed by atoms with Crippen LogP contribution < -0.4 is 5.32 Å². The number of carbonyl (C=O) groups excluding carboxylic acids is 1. The van der Waals surface area contributed by atoms with Gasteiger partial charge >= 0.3 is 6.18 Å². The molecule has 1 fully saturated rings. The standard InChI is InChI=1S/C13H23F3N2O/c1-3-17-10-4-6-11(7-5-10)18(2)12(19)8-9-13(14,15)16/h10-11,17H,3-9H2,1-2H3. The zero-order chi connectivity index (χ0) is 14.5. The van der Waals surface area contributed by atoms with E-state index in [1.807, 2.05) is 0 Å². The average Bonchev–Trinajstić information content (AvgIpc) is 2.35. The van der Waals surface area contributed by atoms with Crippen molar-refractivity contribution < 1.29 is 18.0 Å². The first-order valence-corrected chi connectivity index (χ1v) is 6.89. The van der Waals surface area contributed by atoms with Crippen molar-refractivity contribution in [2.75, 3.05) is 13.6 Å². The number of nitrogens with zero attached hydrogens (tertiary/aromatic N) is 1. The van der Waals surface area contributed by atoms with Crippen molar-refractivity contribution >= 4 is 5.91 Å². The van der Waals surface area contributed by atoms with Crippen LogP contribution in [0.4, 0.5) is 13.2 Å². The molecule has 19 heavy (non-hydrogen) atoms. The summed E-state index contributed by atoms with van der Waals surface area (Å²) < 4.78 is 36.2. The summed E-state index contributed by atoms with van der Waals surface area (Å²) in [7, 11) is 1.62. The minimum absolute atomic E-state index is 0.0932. The second-order valence-electron chi connectivity index (χ2n) is 5.18. The van der Waals surface area contributed by atoms with Crippen LogP contribution in [0, 0.1) is 0 Å². The summed E-state index contributed by atoms with van der Waals surface area (Å²) in [5.41, 5.74) is 0. The summed E-state index contributed by atoms with van der Waals surface area (Å²) in [5.74, 6) is -0.399. The maximum Gasteiger partial charge on any atom is 0.389 e. The zero-order valence-electron chi connectivity index (χ0n) is 11.6. The maximum atomic E-state index is 12.1. The maximum absolute atomic E-state index is 12.1. The third-order valence-electron chi connectivity index (χ3n) is 3.75. The SMILES string of the molecule is CCNC1CCC(N(C)C(=O)CCC(F)(F)F)CC1. The van der Waals surface area contributed by atoms with Gasteiger partial charge in [0, 0.05) is 25.6 Å². The molecule has 0 heterocycles. The quantitative estimate of drug-likeness (QED) is 0.840. The van der Waals surface area contributed by atoms with E-state index in [1.165, 1.54) is 4.90 Å². The molecule has 0 spiro atoms. The summed E-state index contributed by atoms with van der Waals surface area (Å²) in [4.78, 5) is 13.2. The van der Waals surface area contributed by atoms with E-state index in [1.54, 1.807) is 7.05 Å². The van der Waals surface area contributed by atoms with Gasteiger partial charge in [0.05, 0.1) is 6.42 Å². The molecular weight excluding hydrogens is 257 g/mol. The molecule has 0 unspecified atom stereocenters. The Balaban J connectivity index is 2.34. The van der Waals surface area contributed by atoms with Crippen molar-refractivity contribution in [2.45, 2.75) is 63.7 Å². The molecule has 0 aromatic heterocycles. The van der Waals surface area contributed by atoms with Crippen molar-refractivity contribution in [3.05, 3.63) is 0 Å². The van der Waals surface area contributed by atoms with Gasteiger partial charge in [0.1, 0.15) is 0 Å². The van der Waals surface area contributed by atoms with Crippen LogP contribution in [0.25, 0.3) is 0 Å². The first-order chi connectivity index (χ1) is 8.83. The Labute approximate surface area is 112 Å². The number of carbonyl (C=O) groups is 1. The molecule has 112 valence electrons. The van der Waals surface area contributed by atoms with Gasteiger partial charge in [-0.05, 0) is 32.2 Å². The first-order valence-electron chi connectivity index (χ1n) is 6.89. The number of amides is 1.